The maximum atomic E-state index is 6.25. The Hall–Kier alpha value is -0.940. The zero-order valence-corrected chi connectivity index (χ0v) is 14.3. The van der Waals surface area contributed by atoms with Crippen LogP contribution in [0.4, 0.5) is 0 Å². The second kappa shape index (κ2) is 7.90. The molecule has 112 valence electrons. The summed E-state index contributed by atoms with van der Waals surface area (Å²) in [6, 6.07) is 9.86. The third-order valence-corrected chi connectivity index (χ3v) is 4.21. The molecule has 1 atom stereocenters. The Bertz CT molecular complexity index is 577. The highest BCUT2D eigenvalue weighted by Crippen LogP contribution is 2.27. The number of hydrogen-bond donors (Lipinski definition) is 1. The maximum absolute atomic E-state index is 6.25. The highest BCUT2D eigenvalue weighted by molar-refractivity contribution is 9.10. The zero-order valence-electron chi connectivity index (χ0n) is 12.0. The summed E-state index contributed by atoms with van der Waals surface area (Å²) in [6.45, 7) is 1.80. The molecule has 0 fully saturated rings. The Morgan fingerprint density at radius 2 is 2.00 bits per heavy atom. The van der Waals surface area contributed by atoms with E-state index in [9.17, 15) is 0 Å². The second-order valence-electron chi connectivity index (χ2n) is 5.15. The van der Waals surface area contributed by atoms with E-state index in [1.165, 1.54) is 5.56 Å². The molecule has 2 aromatic rings. The van der Waals surface area contributed by atoms with E-state index in [1.807, 2.05) is 42.7 Å². The average Bonchev–Trinajstić information content (AvgIpc) is 2.46. The van der Waals surface area contributed by atoms with E-state index in [1.54, 1.807) is 0 Å². The fourth-order valence-corrected chi connectivity index (χ4v) is 3.01. The molecular formula is C16H19BrClN3. The van der Waals surface area contributed by atoms with E-state index in [2.05, 4.69) is 32.9 Å². The monoisotopic (exact) mass is 367 g/mol. The summed E-state index contributed by atoms with van der Waals surface area (Å²) < 4.78 is 0.971. The van der Waals surface area contributed by atoms with Gasteiger partial charge >= 0.3 is 0 Å². The molecule has 0 saturated carbocycles. The van der Waals surface area contributed by atoms with Gasteiger partial charge in [-0.15, -0.1) is 0 Å². The van der Waals surface area contributed by atoms with Gasteiger partial charge < -0.3 is 10.6 Å². The van der Waals surface area contributed by atoms with Crippen molar-refractivity contribution in [1.82, 2.24) is 9.88 Å². The quantitative estimate of drug-likeness (QED) is 0.837. The Kier molecular flexibility index (Phi) is 6.18. The Balaban J connectivity index is 1.87. The van der Waals surface area contributed by atoms with Crippen LogP contribution in [0, 0.1) is 0 Å². The molecule has 0 aliphatic rings. The summed E-state index contributed by atoms with van der Waals surface area (Å²) in [5.74, 6) is 0. The first kappa shape index (κ1) is 16.4. The number of benzene rings is 1. The number of rotatable bonds is 6. The molecule has 5 heteroatoms. The fourth-order valence-electron chi connectivity index (χ4n) is 2.20. The third kappa shape index (κ3) is 5.08. The minimum Gasteiger partial charge on any atom is -0.324 e. The van der Waals surface area contributed by atoms with Crippen molar-refractivity contribution in [3.63, 3.8) is 0 Å². The Labute approximate surface area is 139 Å². The molecule has 0 bridgehead atoms. The highest BCUT2D eigenvalue weighted by Gasteiger charge is 2.11. The van der Waals surface area contributed by atoms with Gasteiger partial charge in [0.25, 0.3) is 0 Å². The summed E-state index contributed by atoms with van der Waals surface area (Å²) >= 11 is 9.65. The largest absolute Gasteiger partial charge is 0.324 e. The van der Waals surface area contributed by atoms with Crippen LogP contribution in [-0.2, 0) is 6.54 Å². The smallest absolute Gasteiger partial charge is 0.0464 e. The molecular weight excluding hydrogens is 350 g/mol. The van der Waals surface area contributed by atoms with Gasteiger partial charge in [-0.3, -0.25) is 4.98 Å². The van der Waals surface area contributed by atoms with Crippen molar-refractivity contribution in [3.8, 4) is 0 Å². The van der Waals surface area contributed by atoms with Crippen molar-refractivity contribution in [2.45, 2.75) is 19.0 Å². The molecule has 0 saturated heterocycles. The second-order valence-corrected chi connectivity index (χ2v) is 6.48. The SMILES string of the molecule is CN(CCC(N)c1ccc(Br)cc1Cl)Cc1ccncc1. The van der Waals surface area contributed by atoms with E-state index >= 15 is 0 Å². The molecule has 0 radical (unpaired) electrons. The van der Waals surface area contributed by atoms with Crippen molar-refractivity contribution in [2.24, 2.45) is 5.73 Å². The van der Waals surface area contributed by atoms with Crippen LogP contribution in [-0.4, -0.2) is 23.5 Å². The van der Waals surface area contributed by atoms with Gasteiger partial charge in [-0.05, 0) is 55.4 Å². The van der Waals surface area contributed by atoms with Crippen LogP contribution in [0.3, 0.4) is 0 Å². The number of hydrogen-bond acceptors (Lipinski definition) is 3. The Morgan fingerprint density at radius 1 is 1.29 bits per heavy atom. The van der Waals surface area contributed by atoms with Gasteiger partial charge in [-0.2, -0.15) is 0 Å². The first-order valence-electron chi connectivity index (χ1n) is 6.84. The van der Waals surface area contributed by atoms with E-state index in [-0.39, 0.29) is 6.04 Å². The molecule has 1 unspecified atom stereocenters. The van der Waals surface area contributed by atoms with Crippen LogP contribution in [0.2, 0.25) is 5.02 Å². The Morgan fingerprint density at radius 3 is 2.67 bits per heavy atom. The molecule has 0 spiro atoms. The third-order valence-electron chi connectivity index (χ3n) is 3.39. The lowest BCUT2D eigenvalue weighted by Gasteiger charge is -2.20. The van der Waals surface area contributed by atoms with Crippen LogP contribution in [0.25, 0.3) is 0 Å². The van der Waals surface area contributed by atoms with Gasteiger partial charge in [-0.25, -0.2) is 0 Å². The van der Waals surface area contributed by atoms with Crippen molar-refractivity contribution in [3.05, 3.63) is 63.3 Å². The molecule has 1 aromatic carbocycles. The van der Waals surface area contributed by atoms with E-state index in [0.29, 0.717) is 5.02 Å². The summed E-state index contributed by atoms with van der Waals surface area (Å²) in [7, 11) is 2.09. The number of halogens is 2. The zero-order chi connectivity index (χ0) is 15.2. The molecule has 1 aromatic heterocycles. The predicted octanol–water partition coefficient (Wildman–Crippen LogP) is 4.02. The van der Waals surface area contributed by atoms with E-state index in [0.717, 1.165) is 29.5 Å². The highest BCUT2D eigenvalue weighted by atomic mass is 79.9. The lowest BCUT2D eigenvalue weighted by atomic mass is 10.0. The lowest BCUT2D eigenvalue weighted by Crippen LogP contribution is -2.23. The molecule has 1 heterocycles. The van der Waals surface area contributed by atoms with Gasteiger partial charge in [0.1, 0.15) is 0 Å². The average molecular weight is 369 g/mol. The lowest BCUT2D eigenvalue weighted by molar-refractivity contribution is 0.311. The topological polar surface area (TPSA) is 42.1 Å². The van der Waals surface area contributed by atoms with Crippen LogP contribution in [0.5, 0.6) is 0 Å². The van der Waals surface area contributed by atoms with Crippen molar-refractivity contribution in [1.29, 1.82) is 0 Å². The van der Waals surface area contributed by atoms with Crippen molar-refractivity contribution < 1.29 is 0 Å². The number of pyridine rings is 1. The van der Waals surface area contributed by atoms with Gasteiger partial charge in [0.2, 0.25) is 0 Å². The number of nitrogens with zero attached hydrogens (tertiary/aromatic N) is 2. The van der Waals surface area contributed by atoms with Crippen LogP contribution >= 0.6 is 27.5 Å². The predicted molar refractivity (Wildman–Crippen MR) is 91.3 cm³/mol. The van der Waals surface area contributed by atoms with Crippen LogP contribution in [0.1, 0.15) is 23.6 Å². The first-order chi connectivity index (χ1) is 10.1. The number of nitrogens with two attached hydrogens (primary N) is 1. The van der Waals surface area contributed by atoms with Gasteiger partial charge in [0, 0.05) is 34.5 Å². The minimum atomic E-state index is -0.0505. The van der Waals surface area contributed by atoms with Crippen molar-refractivity contribution in [2.75, 3.05) is 13.6 Å². The molecule has 21 heavy (non-hydrogen) atoms. The van der Waals surface area contributed by atoms with Gasteiger partial charge in [0.15, 0.2) is 0 Å². The molecule has 2 rings (SSSR count). The first-order valence-corrected chi connectivity index (χ1v) is 8.01. The normalized spacial score (nSPS) is 12.6. The number of aromatic nitrogens is 1. The van der Waals surface area contributed by atoms with Crippen LogP contribution < -0.4 is 5.73 Å². The van der Waals surface area contributed by atoms with Gasteiger partial charge in [-0.1, -0.05) is 33.6 Å². The molecule has 3 nitrogen and oxygen atoms in total. The fraction of sp³-hybridized carbons (Fsp3) is 0.312. The molecule has 0 amide bonds. The van der Waals surface area contributed by atoms with Crippen molar-refractivity contribution >= 4 is 27.5 Å². The molecule has 0 aliphatic carbocycles. The summed E-state index contributed by atoms with van der Waals surface area (Å²) in [5, 5.41) is 0.716. The maximum Gasteiger partial charge on any atom is 0.0464 e. The van der Waals surface area contributed by atoms with Gasteiger partial charge in [0.05, 0.1) is 0 Å². The summed E-state index contributed by atoms with van der Waals surface area (Å²) in [6.07, 6.45) is 4.50. The van der Waals surface area contributed by atoms with E-state index < -0.39 is 0 Å². The summed E-state index contributed by atoms with van der Waals surface area (Å²) in [4.78, 5) is 6.28. The van der Waals surface area contributed by atoms with E-state index in [4.69, 9.17) is 17.3 Å². The molecule has 0 aliphatic heterocycles. The standard InChI is InChI=1S/C16H19BrClN3/c1-21(11-12-4-7-20-8-5-12)9-6-16(19)14-3-2-13(17)10-15(14)18/h2-5,7-8,10,16H,6,9,11,19H2,1H3. The molecule has 2 N–H and O–H groups in total. The van der Waals surface area contributed by atoms with Crippen LogP contribution in [0.15, 0.2) is 47.2 Å². The minimum absolute atomic E-state index is 0.0505. The summed E-state index contributed by atoms with van der Waals surface area (Å²) in [5.41, 5.74) is 8.50.